The monoisotopic (exact) mass is 168 g/mol. The lowest BCUT2D eigenvalue weighted by Crippen LogP contribution is -2.29. The third-order valence-electron chi connectivity index (χ3n) is 2.49. The van der Waals surface area contributed by atoms with Gasteiger partial charge in [-0.1, -0.05) is 20.8 Å². The van der Waals surface area contributed by atoms with Crippen LogP contribution in [0.25, 0.3) is 0 Å². The van der Waals surface area contributed by atoms with Gasteiger partial charge in [0, 0.05) is 12.0 Å². The van der Waals surface area contributed by atoms with E-state index in [1.807, 2.05) is 6.92 Å². The summed E-state index contributed by atoms with van der Waals surface area (Å²) in [5, 5.41) is 8.82. The van der Waals surface area contributed by atoms with Crippen LogP contribution in [0.1, 0.15) is 33.6 Å². The minimum atomic E-state index is 0.0984. The summed E-state index contributed by atoms with van der Waals surface area (Å²) in [6.45, 7) is 6.17. The molecule has 1 unspecified atom stereocenters. The maximum Gasteiger partial charge on any atom is 0.162 e. The van der Waals surface area contributed by atoms with Gasteiger partial charge in [0.05, 0.1) is 6.26 Å². The molecule has 0 spiro atoms. The zero-order valence-electron chi connectivity index (χ0n) is 7.92. The second-order valence-corrected chi connectivity index (χ2v) is 4.45. The molecule has 1 N–H and O–H groups in total. The van der Waals surface area contributed by atoms with Crippen molar-refractivity contribution in [3.8, 4) is 0 Å². The minimum absolute atomic E-state index is 0.0984. The summed E-state index contributed by atoms with van der Waals surface area (Å²) < 4.78 is 0. The van der Waals surface area contributed by atoms with Gasteiger partial charge in [-0.15, -0.1) is 0 Å². The van der Waals surface area contributed by atoms with Gasteiger partial charge in [-0.3, -0.25) is 4.79 Å². The SMILES string of the molecule is CC1CC(C)(C)CC(=O)C1=CO. The van der Waals surface area contributed by atoms with Crippen LogP contribution >= 0.6 is 0 Å². The molecule has 0 aromatic carbocycles. The molecule has 2 heteroatoms. The van der Waals surface area contributed by atoms with Crippen LogP contribution in [-0.4, -0.2) is 10.9 Å². The molecule has 0 aromatic rings. The number of hydrogen-bond acceptors (Lipinski definition) is 2. The summed E-state index contributed by atoms with van der Waals surface area (Å²) in [5.41, 5.74) is 0.692. The maximum atomic E-state index is 11.4. The van der Waals surface area contributed by atoms with Crippen molar-refractivity contribution in [1.29, 1.82) is 0 Å². The van der Waals surface area contributed by atoms with Crippen molar-refractivity contribution in [1.82, 2.24) is 0 Å². The van der Waals surface area contributed by atoms with Gasteiger partial charge in [0.2, 0.25) is 0 Å². The number of carbonyl (C=O) groups is 1. The Morgan fingerprint density at radius 1 is 1.58 bits per heavy atom. The number of allylic oxidation sites excluding steroid dienone is 1. The summed E-state index contributed by atoms with van der Waals surface area (Å²) in [4.78, 5) is 11.4. The summed E-state index contributed by atoms with van der Waals surface area (Å²) in [6.07, 6.45) is 2.51. The van der Waals surface area contributed by atoms with Crippen molar-refractivity contribution in [2.45, 2.75) is 33.6 Å². The van der Waals surface area contributed by atoms with E-state index in [-0.39, 0.29) is 17.1 Å². The molecule has 0 heterocycles. The Morgan fingerprint density at radius 2 is 2.17 bits per heavy atom. The Bertz CT molecular complexity index is 226. The molecule has 1 fully saturated rings. The molecule has 1 rings (SSSR count). The molecule has 0 amide bonds. The molecule has 0 radical (unpaired) electrons. The number of hydrogen-bond donors (Lipinski definition) is 1. The van der Waals surface area contributed by atoms with Crippen molar-refractivity contribution in [3.63, 3.8) is 0 Å². The molecule has 2 nitrogen and oxygen atoms in total. The van der Waals surface area contributed by atoms with E-state index >= 15 is 0 Å². The molecule has 0 saturated heterocycles. The number of ketones is 1. The predicted octanol–water partition coefficient (Wildman–Crippen LogP) is 2.45. The lowest BCUT2D eigenvalue weighted by molar-refractivity contribution is -0.119. The van der Waals surface area contributed by atoms with E-state index in [1.54, 1.807) is 0 Å². The van der Waals surface area contributed by atoms with Gasteiger partial charge in [-0.2, -0.15) is 0 Å². The normalized spacial score (nSPS) is 32.4. The van der Waals surface area contributed by atoms with Crippen molar-refractivity contribution < 1.29 is 9.90 Å². The zero-order valence-corrected chi connectivity index (χ0v) is 7.92. The lowest BCUT2D eigenvalue weighted by Gasteiger charge is -2.33. The van der Waals surface area contributed by atoms with E-state index in [2.05, 4.69) is 13.8 Å². The summed E-state index contributed by atoms with van der Waals surface area (Å²) >= 11 is 0. The zero-order chi connectivity index (χ0) is 9.35. The smallest absolute Gasteiger partial charge is 0.162 e. The fourth-order valence-electron chi connectivity index (χ4n) is 2.02. The van der Waals surface area contributed by atoms with Crippen molar-refractivity contribution >= 4 is 5.78 Å². The second-order valence-electron chi connectivity index (χ2n) is 4.45. The number of aliphatic hydroxyl groups excluding tert-OH is 1. The van der Waals surface area contributed by atoms with Crippen molar-refractivity contribution in [2.75, 3.05) is 0 Å². The summed E-state index contributed by atoms with van der Waals surface area (Å²) in [6, 6.07) is 0. The van der Waals surface area contributed by atoms with Crippen LogP contribution in [0.15, 0.2) is 11.8 Å². The van der Waals surface area contributed by atoms with Crippen LogP contribution in [0.2, 0.25) is 0 Å². The minimum Gasteiger partial charge on any atom is -0.515 e. The van der Waals surface area contributed by atoms with Gasteiger partial charge < -0.3 is 5.11 Å². The fourth-order valence-corrected chi connectivity index (χ4v) is 2.02. The van der Waals surface area contributed by atoms with Crippen LogP contribution in [0, 0.1) is 11.3 Å². The molecule has 1 aliphatic carbocycles. The number of aliphatic hydroxyl groups is 1. The Hall–Kier alpha value is -0.790. The van der Waals surface area contributed by atoms with E-state index in [1.165, 1.54) is 0 Å². The molecule has 0 bridgehead atoms. The van der Waals surface area contributed by atoms with E-state index in [0.717, 1.165) is 12.7 Å². The van der Waals surface area contributed by atoms with Gasteiger partial charge in [-0.25, -0.2) is 0 Å². The molecule has 1 aliphatic rings. The molecule has 12 heavy (non-hydrogen) atoms. The molecule has 0 aliphatic heterocycles. The van der Waals surface area contributed by atoms with Crippen molar-refractivity contribution in [3.05, 3.63) is 11.8 Å². The van der Waals surface area contributed by atoms with Crippen LogP contribution in [0.4, 0.5) is 0 Å². The van der Waals surface area contributed by atoms with Crippen LogP contribution in [0.3, 0.4) is 0 Å². The average molecular weight is 168 g/mol. The van der Waals surface area contributed by atoms with E-state index in [9.17, 15) is 4.79 Å². The summed E-state index contributed by atoms with van der Waals surface area (Å²) in [5.74, 6) is 0.299. The highest BCUT2D eigenvalue weighted by atomic mass is 16.2. The van der Waals surface area contributed by atoms with Gasteiger partial charge in [0.15, 0.2) is 5.78 Å². The highest BCUT2D eigenvalue weighted by Crippen LogP contribution is 2.38. The van der Waals surface area contributed by atoms with E-state index in [0.29, 0.717) is 12.0 Å². The molecule has 68 valence electrons. The average Bonchev–Trinajstić information content (AvgIpc) is 1.82. The molecule has 1 atom stereocenters. The summed E-state index contributed by atoms with van der Waals surface area (Å²) in [7, 11) is 0. The van der Waals surface area contributed by atoms with E-state index in [4.69, 9.17) is 5.11 Å². The van der Waals surface area contributed by atoms with Gasteiger partial charge >= 0.3 is 0 Å². The van der Waals surface area contributed by atoms with Crippen LogP contribution in [0.5, 0.6) is 0 Å². The Morgan fingerprint density at radius 3 is 2.58 bits per heavy atom. The first-order valence-corrected chi connectivity index (χ1v) is 4.34. The second kappa shape index (κ2) is 2.92. The third-order valence-corrected chi connectivity index (χ3v) is 2.49. The first-order chi connectivity index (χ1) is 5.46. The molecule has 0 aromatic heterocycles. The molecular formula is C10H16O2. The first kappa shape index (κ1) is 9.30. The lowest BCUT2D eigenvalue weighted by atomic mass is 9.70. The fraction of sp³-hybridized carbons (Fsp3) is 0.700. The molecular weight excluding hydrogens is 152 g/mol. The Labute approximate surface area is 73.3 Å². The van der Waals surface area contributed by atoms with Crippen LogP contribution in [-0.2, 0) is 4.79 Å². The van der Waals surface area contributed by atoms with Crippen LogP contribution < -0.4 is 0 Å². The van der Waals surface area contributed by atoms with Gasteiger partial charge in [-0.05, 0) is 17.8 Å². The Kier molecular flexibility index (Phi) is 2.27. The number of carbonyl (C=O) groups excluding carboxylic acids is 1. The molecule has 1 saturated carbocycles. The number of rotatable bonds is 0. The third kappa shape index (κ3) is 1.68. The van der Waals surface area contributed by atoms with Crippen molar-refractivity contribution in [2.24, 2.45) is 11.3 Å². The van der Waals surface area contributed by atoms with Gasteiger partial charge in [0.1, 0.15) is 0 Å². The highest BCUT2D eigenvalue weighted by Gasteiger charge is 2.34. The standard InChI is InChI=1S/C10H16O2/c1-7-4-10(2,3)5-9(12)8(7)6-11/h6-7,11H,4-5H2,1-3H3. The largest absolute Gasteiger partial charge is 0.515 e. The first-order valence-electron chi connectivity index (χ1n) is 4.34. The predicted molar refractivity (Wildman–Crippen MR) is 47.9 cm³/mol. The quantitative estimate of drug-likeness (QED) is 0.445. The van der Waals surface area contributed by atoms with E-state index < -0.39 is 0 Å². The highest BCUT2D eigenvalue weighted by molar-refractivity contribution is 5.96. The number of Topliss-reactive ketones (excluding diaryl/α,β-unsaturated/α-hetero) is 1. The maximum absolute atomic E-state index is 11.4. The Balaban J connectivity index is 2.85. The topological polar surface area (TPSA) is 37.3 Å². The van der Waals surface area contributed by atoms with Gasteiger partial charge in [0.25, 0.3) is 0 Å².